The average Bonchev–Trinajstić information content (AvgIpc) is 3.16. The molecule has 34 heavy (non-hydrogen) atoms. The fraction of sp³-hybridized carbons (Fsp3) is 0.370. The Bertz CT molecular complexity index is 1220. The molecule has 0 aliphatic carbocycles. The normalized spacial score (nSPS) is 14.7. The average molecular weight is 458 g/mol. The highest BCUT2D eigenvalue weighted by molar-refractivity contribution is 5.78. The number of nitrogen functional groups attached to an aromatic ring is 1. The topological polar surface area (TPSA) is 76.1 Å². The number of nitrogens with zero attached hydrogens (tertiary/aromatic N) is 6. The highest BCUT2D eigenvalue weighted by atomic mass is 15.2. The molecule has 2 N–H and O–H groups in total. The lowest BCUT2D eigenvalue weighted by Crippen LogP contribution is -2.43. The van der Waals surface area contributed by atoms with Crippen molar-refractivity contribution in [3.05, 3.63) is 66.1 Å². The Kier molecular flexibility index (Phi) is 7.55. The molecule has 4 aromatic rings. The summed E-state index contributed by atoms with van der Waals surface area (Å²) in [6, 6.07) is 16.5. The number of anilines is 1. The van der Waals surface area contributed by atoms with E-state index < -0.39 is 0 Å². The van der Waals surface area contributed by atoms with Gasteiger partial charge in [-0.2, -0.15) is 0 Å². The summed E-state index contributed by atoms with van der Waals surface area (Å²) in [5.74, 6) is 1.40. The molecule has 4 heterocycles. The van der Waals surface area contributed by atoms with Gasteiger partial charge in [-0.1, -0.05) is 32.4 Å². The Morgan fingerprint density at radius 1 is 0.912 bits per heavy atom. The lowest BCUT2D eigenvalue weighted by Gasteiger charge is -2.32. The molecule has 5 rings (SSSR count). The molecule has 0 bridgehead atoms. The monoisotopic (exact) mass is 457 g/mol. The zero-order chi connectivity index (χ0) is 24.1. The van der Waals surface area contributed by atoms with Crippen LogP contribution in [0.3, 0.4) is 0 Å². The molecule has 1 aromatic carbocycles. The zero-order valence-corrected chi connectivity index (χ0v) is 20.7. The Morgan fingerprint density at radius 3 is 2.29 bits per heavy atom. The molecule has 1 aliphatic rings. The van der Waals surface area contributed by atoms with E-state index in [-0.39, 0.29) is 0 Å². The van der Waals surface area contributed by atoms with Crippen molar-refractivity contribution in [1.82, 2.24) is 29.3 Å². The molecule has 0 spiro atoms. The third kappa shape index (κ3) is 5.43. The number of aryl methyl sites for hydroxylation is 1. The maximum absolute atomic E-state index is 5.86. The fourth-order valence-corrected chi connectivity index (χ4v) is 4.16. The van der Waals surface area contributed by atoms with Crippen LogP contribution < -0.4 is 5.73 Å². The molecule has 0 amide bonds. The van der Waals surface area contributed by atoms with Crippen LogP contribution in [0.25, 0.3) is 28.1 Å². The molecule has 1 aliphatic heterocycles. The van der Waals surface area contributed by atoms with Crippen molar-refractivity contribution in [2.75, 3.05) is 39.0 Å². The molecule has 0 saturated carbocycles. The SMILES string of the molecule is CCC.Cc1nc2ccc(-c3ccnc(N)c3)nc2n1-c1ccc(CN2CCN(C)CC2)cc1. The number of nitrogens with two attached hydrogens (primary N) is 1. The van der Waals surface area contributed by atoms with Gasteiger partial charge in [0.05, 0.1) is 5.69 Å². The van der Waals surface area contributed by atoms with E-state index in [2.05, 4.69) is 64.5 Å². The number of pyridine rings is 2. The second-order valence-electron chi connectivity index (χ2n) is 8.96. The van der Waals surface area contributed by atoms with E-state index in [1.165, 1.54) is 12.0 Å². The van der Waals surface area contributed by atoms with Crippen LogP contribution in [0.1, 0.15) is 31.7 Å². The van der Waals surface area contributed by atoms with Crippen LogP contribution in [0, 0.1) is 6.92 Å². The minimum Gasteiger partial charge on any atom is -0.384 e. The first-order chi connectivity index (χ1) is 16.5. The number of hydrogen-bond donors (Lipinski definition) is 1. The van der Waals surface area contributed by atoms with Crippen LogP contribution >= 0.6 is 0 Å². The number of benzene rings is 1. The summed E-state index contributed by atoms with van der Waals surface area (Å²) >= 11 is 0. The predicted octanol–water partition coefficient (Wildman–Crippen LogP) is 4.54. The van der Waals surface area contributed by atoms with E-state index in [1.807, 2.05) is 31.2 Å². The van der Waals surface area contributed by atoms with Gasteiger partial charge in [0.2, 0.25) is 0 Å². The number of aromatic nitrogens is 4. The first-order valence-electron chi connectivity index (χ1n) is 12.1. The molecule has 7 heteroatoms. The van der Waals surface area contributed by atoms with Gasteiger partial charge in [-0.3, -0.25) is 9.47 Å². The van der Waals surface area contributed by atoms with E-state index in [4.69, 9.17) is 15.7 Å². The molecule has 0 atom stereocenters. The van der Waals surface area contributed by atoms with Gasteiger partial charge < -0.3 is 10.6 Å². The molecule has 3 aromatic heterocycles. The van der Waals surface area contributed by atoms with Crippen LogP contribution in [0.2, 0.25) is 0 Å². The summed E-state index contributed by atoms with van der Waals surface area (Å²) in [4.78, 5) is 18.6. The highest BCUT2D eigenvalue weighted by Crippen LogP contribution is 2.25. The summed E-state index contributed by atoms with van der Waals surface area (Å²) in [7, 11) is 2.19. The van der Waals surface area contributed by atoms with Gasteiger partial charge in [-0.05, 0) is 55.9 Å². The van der Waals surface area contributed by atoms with E-state index in [0.717, 1.165) is 66.7 Å². The first-order valence-corrected chi connectivity index (χ1v) is 12.1. The molecular weight excluding hydrogens is 422 g/mol. The van der Waals surface area contributed by atoms with E-state index in [0.29, 0.717) is 5.82 Å². The molecule has 0 unspecified atom stereocenters. The minimum absolute atomic E-state index is 0.486. The number of likely N-dealkylation sites (N-methyl/N-ethyl adjacent to an activating group) is 1. The quantitative estimate of drug-likeness (QED) is 0.485. The van der Waals surface area contributed by atoms with Gasteiger partial charge in [0.15, 0.2) is 5.65 Å². The minimum atomic E-state index is 0.486. The van der Waals surface area contributed by atoms with Crippen LogP contribution in [-0.4, -0.2) is 62.5 Å². The first kappa shape index (κ1) is 23.9. The van der Waals surface area contributed by atoms with Crippen molar-refractivity contribution in [2.45, 2.75) is 33.7 Å². The van der Waals surface area contributed by atoms with Gasteiger partial charge >= 0.3 is 0 Å². The number of piperazine rings is 1. The summed E-state index contributed by atoms with van der Waals surface area (Å²) in [5, 5.41) is 0. The molecule has 178 valence electrons. The summed E-state index contributed by atoms with van der Waals surface area (Å²) in [6.07, 6.45) is 2.96. The maximum Gasteiger partial charge on any atom is 0.165 e. The second-order valence-corrected chi connectivity index (χ2v) is 8.96. The Labute approximate surface area is 202 Å². The Morgan fingerprint density at radius 2 is 1.62 bits per heavy atom. The van der Waals surface area contributed by atoms with Crippen molar-refractivity contribution in [2.24, 2.45) is 0 Å². The predicted molar refractivity (Wildman–Crippen MR) is 140 cm³/mol. The second kappa shape index (κ2) is 10.8. The summed E-state index contributed by atoms with van der Waals surface area (Å²) < 4.78 is 2.11. The Balaban J connectivity index is 0.000000868. The molecule has 1 saturated heterocycles. The van der Waals surface area contributed by atoms with Gasteiger partial charge in [-0.15, -0.1) is 0 Å². The van der Waals surface area contributed by atoms with Crippen molar-refractivity contribution in [1.29, 1.82) is 0 Å². The summed E-state index contributed by atoms with van der Waals surface area (Å²) in [6.45, 7) is 11.8. The molecule has 1 fully saturated rings. The number of hydrogen-bond acceptors (Lipinski definition) is 6. The maximum atomic E-state index is 5.86. The van der Waals surface area contributed by atoms with Crippen molar-refractivity contribution < 1.29 is 0 Å². The number of fused-ring (bicyclic) bond motifs is 1. The highest BCUT2D eigenvalue weighted by Gasteiger charge is 2.15. The Hall–Kier alpha value is -3.29. The van der Waals surface area contributed by atoms with Crippen LogP contribution in [-0.2, 0) is 6.54 Å². The molecular formula is C27H35N7. The van der Waals surface area contributed by atoms with Gasteiger partial charge in [0.25, 0.3) is 0 Å². The van der Waals surface area contributed by atoms with Crippen molar-refractivity contribution >= 4 is 17.0 Å². The lowest BCUT2D eigenvalue weighted by molar-refractivity contribution is 0.148. The molecule has 0 radical (unpaired) electrons. The fourth-order valence-electron chi connectivity index (χ4n) is 4.16. The van der Waals surface area contributed by atoms with Crippen molar-refractivity contribution in [3.63, 3.8) is 0 Å². The number of rotatable bonds is 4. The van der Waals surface area contributed by atoms with Crippen molar-refractivity contribution in [3.8, 4) is 16.9 Å². The van der Waals surface area contributed by atoms with Gasteiger partial charge in [0, 0.05) is 50.2 Å². The standard InChI is InChI=1S/C24H27N7.C3H8/c1-17-27-22-8-7-21(19-9-10-26-23(25)15-19)28-24(22)31(17)20-5-3-18(4-6-20)16-30-13-11-29(2)12-14-30;1-3-2/h3-10,15H,11-14,16H2,1-2H3,(H2,25,26);3H2,1-2H3. The van der Waals surface area contributed by atoms with Gasteiger partial charge in [0.1, 0.15) is 17.2 Å². The van der Waals surface area contributed by atoms with Crippen LogP contribution in [0.15, 0.2) is 54.7 Å². The molecule has 7 nitrogen and oxygen atoms in total. The smallest absolute Gasteiger partial charge is 0.165 e. The number of imidazole rings is 1. The summed E-state index contributed by atoms with van der Waals surface area (Å²) in [5.41, 5.74) is 11.8. The third-order valence-electron chi connectivity index (χ3n) is 5.95. The van der Waals surface area contributed by atoms with Gasteiger partial charge in [-0.25, -0.2) is 15.0 Å². The van der Waals surface area contributed by atoms with E-state index in [9.17, 15) is 0 Å². The third-order valence-corrected chi connectivity index (χ3v) is 5.95. The lowest BCUT2D eigenvalue weighted by atomic mass is 10.1. The zero-order valence-electron chi connectivity index (χ0n) is 20.7. The van der Waals surface area contributed by atoms with Crippen LogP contribution in [0.5, 0.6) is 0 Å². The van der Waals surface area contributed by atoms with E-state index >= 15 is 0 Å². The largest absolute Gasteiger partial charge is 0.384 e. The van der Waals surface area contributed by atoms with Crippen LogP contribution in [0.4, 0.5) is 5.82 Å². The van der Waals surface area contributed by atoms with E-state index in [1.54, 1.807) is 6.20 Å².